The van der Waals surface area contributed by atoms with Crippen LogP contribution in [0.5, 0.6) is 0 Å². The average molecular weight is 339 g/mol. The van der Waals surface area contributed by atoms with Crippen LogP contribution in [0.1, 0.15) is 0 Å². The van der Waals surface area contributed by atoms with Crippen molar-refractivity contribution in [2.45, 2.75) is 4.90 Å². The second-order valence-corrected chi connectivity index (χ2v) is 6.04. The molecule has 1 aromatic heterocycles. The lowest BCUT2D eigenvalue weighted by atomic mass is 10.1. The first-order valence-electron chi connectivity index (χ1n) is 7.09. The van der Waals surface area contributed by atoms with E-state index in [1.165, 1.54) is 12.1 Å². The van der Waals surface area contributed by atoms with E-state index in [0.717, 1.165) is 11.3 Å². The van der Waals surface area contributed by atoms with Crippen LogP contribution in [0.4, 0.5) is 11.4 Å². The lowest BCUT2D eigenvalue weighted by molar-refractivity contribution is -0.387. The zero-order chi connectivity index (χ0) is 16.9. The molecule has 0 spiro atoms. The summed E-state index contributed by atoms with van der Waals surface area (Å²) < 4.78 is 15.4. The van der Waals surface area contributed by atoms with Gasteiger partial charge in [-0.15, -0.1) is 0 Å². The van der Waals surface area contributed by atoms with Crippen molar-refractivity contribution in [3.63, 3.8) is 0 Å². The molecule has 0 fully saturated rings. The standard InChI is InChI=1S/C17H13N3O3S/c21-20(22)16-10-3-4-11-17(16)24(23)19-15-9-2-1-7-13(15)14-8-5-6-12-18-14/h1-12,19H. The van der Waals surface area contributed by atoms with Crippen LogP contribution >= 0.6 is 0 Å². The van der Waals surface area contributed by atoms with Gasteiger partial charge >= 0.3 is 0 Å². The van der Waals surface area contributed by atoms with E-state index >= 15 is 0 Å². The fourth-order valence-corrected chi connectivity index (χ4v) is 3.26. The highest BCUT2D eigenvalue weighted by Crippen LogP contribution is 2.29. The van der Waals surface area contributed by atoms with Crippen LogP contribution in [0.3, 0.4) is 0 Å². The minimum atomic E-state index is -1.77. The molecule has 7 heteroatoms. The first-order chi connectivity index (χ1) is 11.7. The zero-order valence-electron chi connectivity index (χ0n) is 12.5. The van der Waals surface area contributed by atoms with Crippen molar-refractivity contribution in [2.75, 3.05) is 4.72 Å². The van der Waals surface area contributed by atoms with E-state index in [0.29, 0.717) is 5.69 Å². The summed E-state index contributed by atoms with van der Waals surface area (Å²) in [6.45, 7) is 0. The molecule has 0 aliphatic heterocycles. The van der Waals surface area contributed by atoms with E-state index in [1.807, 2.05) is 30.3 Å². The number of nitro benzene ring substituents is 1. The summed E-state index contributed by atoms with van der Waals surface area (Å²) in [7, 11) is -1.77. The van der Waals surface area contributed by atoms with Crippen LogP contribution in [0, 0.1) is 10.1 Å². The lowest BCUT2D eigenvalue weighted by Gasteiger charge is -2.11. The molecule has 1 N–H and O–H groups in total. The van der Waals surface area contributed by atoms with Gasteiger partial charge in [0.1, 0.15) is 4.90 Å². The maximum absolute atomic E-state index is 12.6. The van der Waals surface area contributed by atoms with Crippen molar-refractivity contribution in [1.82, 2.24) is 4.98 Å². The molecule has 0 aliphatic carbocycles. The highest BCUT2D eigenvalue weighted by molar-refractivity contribution is 7.86. The van der Waals surface area contributed by atoms with E-state index in [9.17, 15) is 14.3 Å². The third-order valence-electron chi connectivity index (χ3n) is 3.33. The molecule has 0 aliphatic rings. The van der Waals surface area contributed by atoms with E-state index < -0.39 is 15.9 Å². The number of nitro groups is 1. The molecule has 1 atom stereocenters. The summed E-state index contributed by atoms with van der Waals surface area (Å²) >= 11 is 0. The topological polar surface area (TPSA) is 85.1 Å². The van der Waals surface area contributed by atoms with Gasteiger partial charge in [-0.3, -0.25) is 15.1 Å². The maximum atomic E-state index is 12.6. The second-order valence-electron chi connectivity index (χ2n) is 4.86. The summed E-state index contributed by atoms with van der Waals surface area (Å²) in [6.07, 6.45) is 1.67. The predicted molar refractivity (Wildman–Crippen MR) is 92.8 cm³/mol. The Bertz CT molecular complexity index is 900. The number of aromatic nitrogens is 1. The quantitative estimate of drug-likeness (QED) is 0.566. The molecule has 120 valence electrons. The number of anilines is 1. The van der Waals surface area contributed by atoms with Gasteiger partial charge in [-0.05, 0) is 24.3 Å². The first-order valence-corrected chi connectivity index (χ1v) is 8.24. The molecule has 0 bridgehead atoms. The Kier molecular flexibility index (Phi) is 4.62. The number of para-hydroxylation sites is 2. The molecule has 0 radical (unpaired) electrons. The Hall–Kier alpha value is -3.06. The molecular formula is C17H13N3O3S. The van der Waals surface area contributed by atoms with Crippen LogP contribution in [0.15, 0.2) is 77.8 Å². The Labute approximate surface area is 140 Å². The van der Waals surface area contributed by atoms with Gasteiger partial charge < -0.3 is 4.72 Å². The fourth-order valence-electron chi connectivity index (χ4n) is 2.24. The molecule has 24 heavy (non-hydrogen) atoms. The highest BCUT2D eigenvalue weighted by Gasteiger charge is 2.19. The molecule has 6 nitrogen and oxygen atoms in total. The van der Waals surface area contributed by atoms with Gasteiger partial charge in [0.15, 0.2) is 11.0 Å². The van der Waals surface area contributed by atoms with Gasteiger partial charge in [0.05, 0.1) is 16.3 Å². The minimum absolute atomic E-state index is 0.123. The number of hydrogen-bond donors (Lipinski definition) is 1. The smallest absolute Gasteiger partial charge is 0.287 e. The van der Waals surface area contributed by atoms with Crippen molar-refractivity contribution in [3.05, 3.63) is 83.0 Å². The number of nitrogens with zero attached hydrogens (tertiary/aromatic N) is 2. The number of benzene rings is 2. The summed E-state index contributed by atoms with van der Waals surface area (Å²) in [5, 5.41) is 11.1. The third kappa shape index (κ3) is 3.31. The normalized spacial score (nSPS) is 11.7. The SMILES string of the molecule is O=[N+]([O-])c1ccccc1S(=O)Nc1ccccc1-c1ccccn1. The Morgan fingerprint density at radius 1 is 0.958 bits per heavy atom. The second kappa shape index (κ2) is 7.01. The summed E-state index contributed by atoms with van der Waals surface area (Å²) in [6, 6.07) is 18.7. The molecule has 0 saturated carbocycles. The molecule has 0 amide bonds. The van der Waals surface area contributed by atoms with E-state index in [2.05, 4.69) is 9.71 Å². The largest absolute Gasteiger partial charge is 0.300 e. The van der Waals surface area contributed by atoms with Crippen molar-refractivity contribution >= 4 is 22.4 Å². The number of nitrogens with one attached hydrogen (secondary N) is 1. The third-order valence-corrected chi connectivity index (χ3v) is 4.48. The zero-order valence-corrected chi connectivity index (χ0v) is 13.3. The van der Waals surface area contributed by atoms with Crippen LogP contribution in [0.2, 0.25) is 0 Å². The Balaban J connectivity index is 1.96. The van der Waals surface area contributed by atoms with Crippen LogP contribution in [-0.4, -0.2) is 14.1 Å². The van der Waals surface area contributed by atoms with Gasteiger partial charge in [0.25, 0.3) is 5.69 Å². The molecular weight excluding hydrogens is 326 g/mol. The van der Waals surface area contributed by atoms with Gasteiger partial charge in [-0.1, -0.05) is 36.4 Å². The van der Waals surface area contributed by atoms with Gasteiger partial charge in [-0.2, -0.15) is 0 Å². The minimum Gasteiger partial charge on any atom is -0.300 e. The maximum Gasteiger partial charge on any atom is 0.287 e. The van der Waals surface area contributed by atoms with E-state index in [1.54, 1.807) is 30.5 Å². The van der Waals surface area contributed by atoms with Crippen molar-refractivity contribution in [2.24, 2.45) is 0 Å². The first kappa shape index (κ1) is 15.8. The highest BCUT2D eigenvalue weighted by atomic mass is 32.2. The van der Waals surface area contributed by atoms with Crippen LogP contribution in [-0.2, 0) is 11.0 Å². The van der Waals surface area contributed by atoms with Crippen LogP contribution < -0.4 is 4.72 Å². The van der Waals surface area contributed by atoms with Crippen molar-refractivity contribution < 1.29 is 9.13 Å². The summed E-state index contributed by atoms with van der Waals surface area (Å²) in [4.78, 5) is 15.0. The number of hydrogen-bond acceptors (Lipinski definition) is 4. The fraction of sp³-hybridized carbons (Fsp3) is 0. The Morgan fingerprint density at radius 3 is 2.42 bits per heavy atom. The molecule has 0 saturated heterocycles. The molecule has 3 rings (SSSR count). The summed E-state index contributed by atoms with van der Waals surface area (Å²) in [5.74, 6) is 0. The molecule has 1 unspecified atom stereocenters. The van der Waals surface area contributed by atoms with Gasteiger partial charge in [0, 0.05) is 17.8 Å². The van der Waals surface area contributed by atoms with E-state index in [4.69, 9.17) is 0 Å². The van der Waals surface area contributed by atoms with Crippen molar-refractivity contribution in [1.29, 1.82) is 0 Å². The molecule has 2 aromatic carbocycles. The number of rotatable bonds is 5. The average Bonchev–Trinajstić information content (AvgIpc) is 2.63. The predicted octanol–water partition coefficient (Wildman–Crippen LogP) is 3.79. The van der Waals surface area contributed by atoms with E-state index in [-0.39, 0.29) is 10.6 Å². The van der Waals surface area contributed by atoms with Gasteiger partial charge in [-0.25, -0.2) is 4.21 Å². The number of pyridine rings is 1. The molecule has 1 heterocycles. The van der Waals surface area contributed by atoms with Crippen molar-refractivity contribution in [3.8, 4) is 11.3 Å². The van der Waals surface area contributed by atoms with Crippen LogP contribution in [0.25, 0.3) is 11.3 Å². The molecule has 3 aromatic rings. The lowest BCUT2D eigenvalue weighted by Crippen LogP contribution is -2.08. The van der Waals surface area contributed by atoms with Gasteiger partial charge in [0.2, 0.25) is 0 Å². The Morgan fingerprint density at radius 2 is 1.67 bits per heavy atom. The monoisotopic (exact) mass is 339 g/mol. The summed E-state index contributed by atoms with van der Waals surface area (Å²) in [5.41, 5.74) is 1.90.